The molecular formula is C10H12ClN3. The number of halogens is 1. The normalized spacial score (nSPS) is 9.29. The van der Waals surface area contributed by atoms with Crippen molar-refractivity contribution in [3.63, 3.8) is 0 Å². The lowest BCUT2D eigenvalue weighted by Gasteiger charge is -1.96. The smallest absolute Gasteiger partial charge is 0.151 e. The Morgan fingerprint density at radius 1 is 1.64 bits per heavy atom. The quantitative estimate of drug-likeness (QED) is 0.438. The maximum atomic E-state index is 5.67. The number of pyridine rings is 1. The van der Waals surface area contributed by atoms with E-state index in [-0.39, 0.29) is 0 Å². The van der Waals surface area contributed by atoms with Crippen molar-refractivity contribution in [2.75, 3.05) is 19.3 Å². The first kappa shape index (κ1) is 10.8. The first-order valence-corrected chi connectivity index (χ1v) is 4.66. The Labute approximate surface area is 88.7 Å². The van der Waals surface area contributed by atoms with Gasteiger partial charge in [0.25, 0.3) is 0 Å². The molecule has 0 aromatic carbocycles. The first-order valence-electron chi connectivity index (χ1n) is 4.28. The molecular weight excluding hydrogens is 198 g/mol. The van der Waals surface area contributed by atoms with Crippen LogP contribution in [0, 0.1) is 11.8 Å². The zero-order valence-electron chi connectivity index (χ0n) is 7.97. The summed E-state index contributed by atoms with van der Waals surface area (Å²) >= 11 is 5.67. The molecule has 0 bridgehead atoms. The molecule has 0 aliphatic heterocycles. The van der Waals surface area contributed by atoms with E-state index in [1.807, 2.05) is 7.05 Å². The predicted molar refractivity (Wildman–Crippen MR) is 59.1 cm³/mol. The fraction of sp³-hybridized carbons (Fsp3) is 0.300. The van der Waals surface area contributed by atoms with Crippen LogP contribution in [0.15, 0.2) is 12.3 Å². The van der Waals surface area contributed by atoms with E-state index in [0.717, 1.165) is 18.5 Å². The van der Waals surface area contributed by atoms with E-state index in [1.54, 1.807) is 12.3 Å². The summed E-state index contributed by atoms with van der Waals surface area (Å²) in [4.78, 5) is 3.90. The monoisotopic (exact) mass is 209 g/mol. The minimum Gasteiger partial charge on any atom is -0.396 e. The van der Waals surface area contributed by atoms with Crippen LogP contribution in [0.4, 0.5) is 5.69 Å². The number of nitrogen functional groups attached to an aromatic ring is 1. The molecule has 74 valence electrons. The maximum Gasteiger partial charge on any atom is 0.151 e. The molecule has 4 heteroatoms. The van der Waals surface area contributed by atoms with Crippen LogP contribution in [0.5, 0.6) is 0 Å². The van der Waals surface area contributed by atoms with Gasteiger partial charge in [-0.25, -0.2) is 4.98 Å². The summed E-state index contributed by atoms with van der Waals surface area (Å²) in [5.74, 6) is 5.95. The van der Waals surface area contributed by atoms with Crippen LogP contribution in [0.3, 0.4) is 0 Å². The van der Waals surface area contributed by atoms with E-state index in [1.165, 1.54) is 0 Å². The van der Waals surface area contributed by atoms with Gasteiger partial charge < -0.3 is 11.1 Å². The van der Waals surface area contributed by atoms with Gasteiger partial charge in [-0.05, 0) is 13.1 Å². The second-order valence-electron chi connectivity index (χ2n) is 2.76. The number of anilines is 1. The third-order valence-electron chi connectivity index (χ3n) is 1.60. The molecule has 1 aromatic heterocycles. The maximum absolute atomic E-state index is 5.67. The Balaban J connectivity index is 2.66. The highest BCUT2D eigenvalue weighted by Gasteiger charge is 1.96. The summed E-state index contributed by atoms with van der Waals surface area (Å²) in [5, 5.41) is 3.34. The van der Waals surface area contributed by atoms with Crippen molar-refractivity contribution in [3.8, 4) is 11.8 Å². The Hall–Kier alpha value is -1.24. The molecule has 3 N–H and O–H groups in total. The molecule has 1 rings (SSSR count). The van der Waals surface area contributed by atoms with Gasteiger partial charge >= 0.3 is 0 Å². The molecule has 0 saturated carbocycles. The summed E-state index contributed by atoms with van der Waals surface area (Å²) in [6.07, 6.45) is 2.42. The largest absolute Gasteiger partial charge is 0.396 e. The summed E-state index contributed by atoms with van der Waals surface area (Å²) in [7, 11) is 1.89. The molecule has 0 fully saturated rings. The molecule has 0 saturated heterocycles. The molecule has 14 heavy (non-hydrogen) atoms. The lowest BCUT2D eigenvalue weighted by molar-refractivity contribution is 0.818. The highest BCUT2D eigenvalue weighted by molar-refractivity contribution is 6.31. The average molecular weight is 210 g/mol. The van der Waals surface area contributed by atoms with Crippen LogP contribution < -0.4 is 11.1 Å². The number of nitrogens with zero attached hydrogens (tertiary/aromatic N) is 1. The van der Waals surface area contributed by atoms with Crippen molar-refractivity contribution in [3.05, 3.63) is 23.0 Å². The SMILES string of the molecule is CNCCC#Cc1cnc(Cl)c(N)c1. The van der Waals surface area contributed by atoms with E-state index in [9.17, 15) is 0 Å². The molecule has 1 heterocycles. The number of nitrogens with one attached hydrogen (secondary N) is 1. The summed E-state index contributed by atoms with van der Waals surface area (Å²) in [5.41, 5.74) is 6.84. The Morgan fingerprint density at radius 3 is 3.07 bits per heavy atom. The third kappa shape index (κ3) is 3.25. The zero-order valence-corrected chi connectivity index (χ0v) is 8.73. The fourth-order valence-corrected chi connectivity index (χ4v) is 0.989. The summed E-state index contributed by atoms with van der Waals surface area (Å²) < 4.78 is 0. The molecule has 1 aromatic rings. The van der Waals surface area contributed by atoms with E-state index in [2.05, 4.69) is 22.1 Å². The van der Waals surface area contributed by atoms with E-state index >= 15 is 0 Å². The fourth-order valence-electron chi connectivity index (χ4n) is 0.886. The minimum absolute atomic E-state index is 0.325. The molecule has 0 aliphatic carbocycles. The average Bonchev–Trinajstić information content (AvgIpc) is 2.18. The topological polar surface area (TPSA) is 50.9 Å². The number of rotatable bonds is 2. The third-order valence-corrected chi connectivity index (χ3v) is 1.91. The van der Waals surface area contributed by atoms with E-state index in [0.29, 0.717) is 10.8 Å². The van der Waals surface area contributed by atoms with Crippen molar-refractivity contribution in [2.45, 2.75) is 6.42 Å². The summed E-state index contributed by atoms with van der Waals surface area (Å²) in [6, 6.07) is 1.72. The molecule has 3 nitrogen and oxygen atoms in total. The van der Waals surface area contributed by atoms with Crippen molar-refractivity contribution in [1.82, 2.24) is 10.3 Å². The van der Waals surface area contributed by atoms with Gasteiger partial charge in [-0.15, -0.1) is 0 Å². The summed E-state index contributed by atoms with van der Waals surface area (Å²) in [6.45, 7) is 0.878. The van der Waals surface area contributed by atoms with Gasteiger partial charge in [-0.2, -0.15) is 0 Å². The zero-order chi connectivity index (χ0) is 10.4. The molecule has 0 spiro atoms. The van der Waals surface area contributed by atoms with Gasteiger partial charge in [0.1, 0.15) is 0 Å². The molecule has 0 unspecified atom stereocenters. The van der Waals surface area contributed by atoms with Gasteiger partial charge in [-0.1, -0.05) is 23.4 Å². The van der Waals surface area contributed by atoms with Gasteiger partial charge in [-0.3, -0.25) is 0 Å². The van der Waals surface area contributed by atoms with Crippen LogP contribution >= 0.6 is 11.6 Å². The number of aromatic nitrogens is 1. The molecule has 0 amide bonds. The van der Waals surface area contributed by atoms with Gasteiger partial charge in [0.05, 0.1) is 5.69 Å². The van der Waals surface area contributed by atoms with Crippen molar-refractivity contribution < 1.29 is 0 Å². The van der Waals surface area contributed by atoms with Gasteiger partial charge in [0, 0.05) is 24.7 Å². The molecule has 0 radical (unpaired) electrons. The number of nitrogens with two attached hydrogens (primary N) is 1. The standard InChI is InChI=1S/C10H12ClN3/c1-13-5-3-2-4-8-6-9(12)10(11)14-7-8/h6-7,13H,3,5,12H2,1H3. The van der Waals surface area contributed by atoms with E-state index in [4.69, 9.17) is 17.3 Å². The van der Waals surface area contributed by atoms with Crippen LogP contribution in [0.2, 0.25) is 5.15 Å². The number of hydrogen-bond donors (Lipinski definition) is 2. The lowest BCUT2D eigenvalue weighted by atomic mass is 10.2. The molecule has 0 aliphatic rings. The van der Waals surface area contributed by atoms with Crippen molar-refractivity contribution in [2.24, 2.45) is 0 Å². The second kappa shape index (κ2) is 5.48. The Kier molecular flexibility index (Phi) is 4.24. The Morgan fingerprint density at radius 2 is 2.43 bits per heavy atom. The van der Waals surface area contributed by atoms with Gasteiger partial charge in [0.2, 0.25) is 0 Å². The van der Waals surface area contributed by atoms with Crippen LogP contribution in [0.25, 0.3) is 0 Å². The Bertz CT molecular complexity index is 365. The number of hydrogen-bond acceptors (Lipinski definition) is 3. The highest BCUT2D eigenvalue weighted by Crippen LogP contribution is 2.15. The van der Waals surface area contributed by atoms with Crippen molar-refractivity contribution >= 4 is 17.3 Å². The van der Waals surface area contributed by atoms with Crippen molar-refractivity contribution in [1.29, 1.82) is 0 Å². The first-order chi connectivity index (χ1) is 6.74. The molecule has 0 atom stereocenters. The van der Waals surface area contributed by atoms with Gasteiger partial charge in [0.15, 0.2) is 5.15 Å². The minimum atomic E-state index is 0.325. The van der Waals surface area contributed by atoms with Crippen LogP contribution in [-0.2, 0) is 0 Å². The second-order valence-corrected chi connectivity index (χ2v) is 3.12. The predicted octanol–water partition coefficient (Wildman–Crippen LogP) is 1.28. The van der Waals surface area contributed by atoms with Crippen LogP contribution in [-0.4, -0.2) is 18.6 Å². The van der Waals surface area contributed by atoms with E-state index < -0.39 is 0 Å². The van der Waals surface area contributed by atoms with Crippen LogP contribution in [0.1, 0.15) is 12.0 Å². The lowest BCUT2D eigenvalue weighted by Crippen LogP contribution is -2.05. The highest BCUT2D eigenvalue weighted by atomic mass is 35.5.